The maximum atomic E-state index is 13.5. The van der Waals surface area contributed by atoms with Crippen molar-refractivity contribution in [2.45, 2.75) is 39.7 Å². The fourth-order valence-corrected chi connectivity index (χ4v) is 4.55. The Kier molecular flexibility index (Phi) is 8.26. The minimum absolute atomic E-state index is 0.0391. The van der Waals surface area contributed by atoms with Crippen molar-refractivity contribution in [1.29, 1.82) is 0 Å². The van der Waals surface area contributed by atoms with Crippen LogP contribution in [0.15, 0.2) is 73.4 Å². The molecular formula is C28H27Br2N3O3. The molecule has 0 saturated heterocycles. The van der Waals surface area contributed by atoms with Crippen LogP contribution in [-0.4, -0.2) is 23.0 Å². The molecule has 36 heavy (non-hydrogen) atoms. The number of rotatable bonds is 8. The number of fused-ring (bicyclic) bond motifs is 1. The number of halogens is 2. The lowest BCUT2D eigenvalue weighted by atomic mass is 10.1. The van der Waals surface area contributed by atoms with E-state index >= 15 is 0 Å². The van der Waals surface area contributed by atoms with E-state index in [0.29, 0.717) is 40.4 Å². The van der Waals surface area contributed by atoms with Crippen LogP contribution in [0.3, 0.4) is 0 Å². The highest BCUT2D eigenvalue weighted by atomic mass is 79.9. The molecule has 0 bridgehead atoms. The van der Waals surface area contributed by atoms with Gasteiger partial charge in [0.1, 0.15) is 12.4 Å². The van der Waals surface area contributed by atoms with E-state index in [4.69, 9.17) is 14.5 Å². The summed E-state index contributed by atoms with van der Waals surface area (Å²) >= 11 is 6.99. The Balaban J connectivity index is 1.80. The predicted octanol–water partition coefficient (Wildman–Crippen LogP) is 7.21. The van der Waals surface area contributed by atoms with Gasteiger partial charge < -0.3 is 9.47 Å². The highest BCUT2D eigenvalue weighted by Crippen LogP contribution is 2.35. The molecule has 3 aromatic carbocycles. The van der Waals surface area contributed by atoms with Crippen LogP contribution < -0.4 is 15.0 Å². The zero-order chi connectivity index (χ0) is 25.8. The van der Waals surface area contributed by atoms with Crippen molar-refractivity contribution >= 4 is 49.0 Å². The van der Waals surface area contributed by atoms with Crippen LogP contribution in [0.4, 0.5) is 0 Å². The number of hydrogen-bond acceptors (Lipinski definition) is 5. The van der Waals surface area contributed by atoms with Crippen LogP contribution in [0.2, 0.25) is 0 Å². The topological polar surface area (TPSA) is 65.7 Å². The third-order valence-electron chi connectivity index (χ3n) is 5.97. The summed E-state index contributed by atoms with van der Waals surface area (Å²) in [7, 11) is 1.60. The maximum Gasteiger partial charge on any atom is 0.282 e. The summed E-state index contributed by atoms with van der Waals surface area (Å²) in [6.07, 6.45) is 2.44. The van der Waals surface area contributed by atoms with Crippen molar-refractivity contribution in [3.8, 4) is 11.5 Å². The second-order valence-corrected chi connectivity index (χ2v) is 10.4. The van der Waals surface area contributed by atoms with Crippen LogP contribution >= 0.6 is 31.9 Å². The number of hydrogen-bond donors (Lipinski definition) is 0. The lowest BCUT2D eigenvalue weighted by molar-refractivity contribution is 0.284. The Labute approximate surface area is 227 Å². The summed E-state index contributed by atoms with van der Waals surface area (Å²) in [6.45, 7) is 6.51. The largest absolute Gasteiger partial charge is 0.493 e. The van der Waals surface area contributed by atoms with Crippen molar-refractivity contribution in [2.24, 2.45) is 5.10 Å². The minimum atomic E-state index is -0.225. The standard InChI is InChI=1S/C28H27Br2N3O3/c1-5-18(3)27-32-24-11-10-21(29)13-23(24)28(34)33(27)31-15-20-12-22(30)14-25(35-4)26(20)36-16-19-8-6-17(2)7-9-19/h6-15,18H,5,16H2,1-4H3/t18-/m0/s1. The van der Waals surface area contributed by atoms with Gasteiger partial charge in [0.25, 0.3) is 5.56 Å². The number of aryl methyl sites for hydroxylation is 1. The summed E-state index contributed by atoms with van der Waals surface area (Å²) in [5.74, 6) is 1.75. The van der Waals surface area contributed by atoms with Crippen molar-refractivity contribution in [1.82, 2.24) is 9.66 Å². The summed E-state index contributed by atoms with van der Waals surface area (Å²) in [5, 5.41) is 5.11. The maximum absolute atomic E-state index is 13.5. The van der Waals surface area contributed by atoms with Crippen molar-refractivity contribution in [3.05, 3.63) is 96.4 Å². The average molecular weight is 613 g/mol. The number of methoxy groups -OCH3 is 1. The third-order valence-corrected chi connectivity index (χ3v) is 6.92. The SMILES string of the molecule is CC[C@H](C)c1nc2ccc(Br)cc2c(=O)n1N=Cc1cc(Br)cc(OC)c1OCc1ccc(C)cc1. The molecule has 0 amide bonds. The molecule has 4 rings (SSSR count). The van der Waals surface area contributed by atoms with E-state index in [1.54, 1.807) is 19.4 Å². The van der Waals surface area contributed by atoms with Gasteiger partial charge in [-0.05, 0) is 49.2 Å². The molecule has 0 aliphatic rings. The zero-order valence-electron chi connectivity index (χ0n) is 20.6. The van der Waals surface area contributed by atoms with Crippen LogP contribution in [-0.2, 0) is 6.61 Å². The molecule has 8 heteroatoms. The number of nitrogens with zero attached hydrogens (tertiary/aromatic N) is 3. The van der Waals surface area contributed by atoms with E-state index < -0.39 is 0 Å². The Morgan fingerprint density at radius 1 is 1.08 bits per heavy atom. The molecule has 0 unspecified atom stereocenters. The van der Waals surface area contributed by atoms with Gasteiger partial charge in [0, 0.05) is 20.4 Å². The molecule has 0 aliphatic heterocycles. The van der Waals surface area contributed by atoms with Gasteiger partial charge in [0.05, 0.1) is 24.2 Å². The van der Waals surface area contributed by atoms with Crippen LogP contribution in [0, 0.1) is 6.92 Å². The van der Waals surface area contributed by atoms with E-state index in [1.807, 2.05) is 62.4 Å². The van der Waals surface area contributed by atoms with Gasteiger partial charge in [-0.3, -0.25) is 4.79 Å². The molecular weight excluding hydrogens is 586 g/mol. The summed E-state index contributed by atoms with van der Waals surface area (Å²) in [6, 6.07) is 17.4. The first kappa shape index (κ1) is 26.1. The molecule has 1 heterocycles. The van der Waals surface area contributed by atoms with Crippen molar-refractivity contribution in [3.63, 3.8) is 0 Å². The van der Waals surface area contributed by atoms with E-state index in [1.165, 1.54) is 10.2 Å². The summed E-state index contributed by atoms with van der Waals surface area (Å²) < 4.78 is 14.8. The van der Waals surface area contributed by atoms with Crippen molar-refractivity contribution < 1.29 is 9.47 Å². The quantitative estimate of drug-likeness (QED) is 0.197. The highest BCUT2D eigenvalue weighted by Gasteiger charge is 2.17. The zero-order valence-corrected chi connectivity index (χ0v) is 23.8. The Morgan fingerprint density at radius 3 is 2.53 bits per heavy atom. The van der Waals surface area contributed by atoms with Gasteiger partial charge in [0.15, 0.2) is 11.5 Å². The summed E-state index contributed by atoms with van der Waals surface area (Å²) in [5.41, 5.74) is 3.32. The van der Waals surface area contributed by atoms with Gasteiger partial charge in [-0.2, -0.15) is 9.78 Å². The first-order valence-corrected chi connectivity index (χ1v) is 13.2. The van der Waals surface area contributed by atoms with E-state index in [0.717, 1.165) is 20.9 Å². The van der Waals surface area contributed by atoms with E-state index in [2.05, 4.69) is 43.9 Å². The third kappa shape index (κ3) is 5.71. The van der Waals surface area contributed by atoms with Gasteiger partial charge in [0.2, 0.25) is 0 Å². The summed E-state index contributed by atoms with van der Waals surface area (Å²) in [4.78, 5) is 18.3. The molecule has 0 fully saturated rings. The van der Waals surface area contributed by atoms with E-state index in [-0.39, 0.29) is 11.5 Å². The van der Waals surface area contributed by atoms with Crippen LogP contribution in [0.1, 0.15) is 48.7 Å². The first-order valence-electron chi connectivity index (χ1n) is 11.6. The normalized spacial score (nSPS) is 12.3. The fraction of sp³-hybridized carbons (Fsp3) is 0.250. The molecule has 0 spiro atoms. The van der Waals surface area contributed by atoms with Gasteiger partial charge >= 0.3 is 0 Å². The molecule has 186 valence electrons. The molecule has 1 aromatic heterocycles. The Hall–Kier alpha value is -2.97. The number of ether oxygens (including phenoxy) is 2. The highest BCUT2D eigenvalue weighted by molar-refractivity contribution is 9.10. The molecule has 4 aromatic rings. The van der Waals surface area contributed by atoms with Crippen LogP contribution in [0.5, 0.6) is 11.5 Å². The average Bonchev–Trinajstić information content (AvgIpc) is 2.87. The fourth-order valence-electron chi connectivity index (χ4n) is 3.73. The van der Waals surface area contributed by atoms with Gasteiger partial charge in [-0.1, -0.05) is 75.5 Å². The smallest absolute Gasteiger partial charge is 0.282 e. The van der Waals surface area contributed by atoms with Gasteiger partial charge in [-0.15, -0.1) is 0 Å². The molecule has 1 atom stereocenters. The lowest BCUT2D eigenvalue weighted by Crippen LogP contribution is -2.23. The van der Waals surface area contributed by atoms with Gasteiger partial charge in [-0.25, -0.2) is 4.98 Å². The monoisotopic (exact) mass is 611 g/mol. The molecule has 0 radical (unpaired) electrons. The molecule has 0 saturated carbocycles. The number of benzene rings is 3. The van der Waals surface area contributed by atoms with Crippen LogP contribution in [0.25, 0.3) is 10.9 Å². The lowest BCUT2D eigenvalue weighted by Gasteiger charge is -2.16. The molecule has 6 nitrogen and oxygen atoms in total. The second kappa shape index (κ2) is 11.4. The molecule has 0 N–H and O–H groups in total. The molecule has 0 aliphatic carbocycles. The predicted molar refractivity (Wildman–Crippen MR) is 152 cm³/mol. The minimum Gasteiger partial charge on any atom is -0.493 e. The Bertz CT molecular complexity index is 1480. The Morgan fingerprint density at radius 2 is 1.83 bits per heavy atom. The number of aromatic nitrogens is 2. The second-order valence-electron chi connectivity index (χ2n) is 8.60. The van der Waals surface area contributed by atoms with Crippen molar-refractivity contribution in [2.75, 3.05) is 7.11 Å². The first-order chi connectivity index (χ1) is 17.3. The van der Waals surface area contributed by atoms with E-state index in [9.17, 15) is 4.79 Å².